The van der Waals surface area contributed by atoms with E-state index in [-0.39, 0.29) is 6.54 Å². The summed E-state index contributed by atoms with van der Waals surface area (Å²) >= 11 is 3.19. The van der Waals surface area contributed by atoms with Gasteiger partial charge in [0, 0.05) is 12.7 Å². The SMILES string of the molecule is CP(=O)(O)C(C[n+]1cccc(Br)c1)P(=O)([O-])O. The fourth-order valence-electron chi connectivity index (χ4n) is 1.32. The zero-order valence-electron chi connectivity index (χ0n) is 8.93. The Morgan fingerprint density at radius 3 is 2.53 bits per heavy atom. The summed E-state index contributed by atoms with van der Waals surface area (Å²) in [7, 11) is -8.82. The highest BCUT2D eigenvalue weighted by atomic mass is 79.9. The fourth-order valence-corrected chi connectivity index (χ4v) is 4.79. The second-order valence-corrected chi connectivity index (χ2v) is 9.29. The maximum atomic E-state index is 11.4. The van der Waals surface area contributed by atoms with Gasteiger partial charge in [-0.1, -0.05) is 0 Å². The van der Waals surface area contributed by atoms with E-state index in [0.717, 1.165) is 6.66 Å². The van der Waals surface area contributed by atoms with Crippen molar-refractivity contribution >= 4 is 30.9 Å². The Morgan fingerprint density at radius 1 is 1.53 bits per heavy atom. The maximum Gasteiger partial charge on any atom is 0.215 e. The molecule has 6 nitrogen and oxygen atoms in total. The van der Waals surface area contributed by atoms with Crippen molar-refractivity contribution in [1.82, 2.24) is 0 Å². The van der Waals surface area contributed by atoms with Gasteiger partial charge in [0.15, 0.2) is 31.9 Å². The van der Waals surface area contributed by atoms with E-state index in [4.69, 9.17) is 4.89 Å². The lowest BCUT2D eigenvalue weighted by Crippen LogP contribution is -2.40. The van der Waals surface area contributed by atoms with Crippen molar-refractivity contribution in [3.05, 3.63) is 29.0 Å². The van der Waals surface area contributed by atoms with Gasteiger partial charge in [0.25, 0.3) is 0 Å². The molecule has 0 spiro atoms. The van der Waals surface area contributed by atoms with E-state index in [1.165, 1.54) is 4.57 Å². The number of nitrogens with zero attached hydrogens (tertiary/aromatic N) is 1. The van der Waals surface area contributed by atoms with Gasteiger partial charge in [0.2, 0.25) is 7.37 Å². The first-order chi connectivity index (χ1) is 7.60. The third kappa shape index (κ3) is 4.62. The van der Waals surface area contributed by atoms with Gasteiger partial charge in [0.1, 0.15) is 0 Å². The van der Waals surface area contributed by atoms with Crippen LogP contribution in [0, 0.1) is 0 Å². The molecule has 0 fully saturated rings. The molecule has 1 heterocycles. The Morgan fingerprint density at radius 2 is 2.12 bits per heavy atom. The van der Waals surface area contributed by atoms with Crippen molar-refractivity contribution in [3.63, 3.8) is 0 Å². The molecule has 3 unspecified atom stereocenters. The van der Waals surface area contributed by atoms with Gasteiger partial charge < -0.3 is 19.2 Å². The number of pyridine rings is 1. The third-order valence-corrected chi connectivity index (χ3v) is 6.94. The zero-order valence-corrected chi connectivity index (χ0v) is 12.3. The van der Waals surface area contributed by atoms with Crippen molar-refractivity contribution in [3.8, 4) is 0 Å². The molecule has 1 aromatic heterocycles. The Bertz CT molecular complexity index is 474. The molecule has 1 aromatic rings. The minimum Gasteiger partial charge on any atom is -0.778 e. The first-order valence-electron chi connectivity index (χ1n) is 4.59. The van der Waals surface area contributed by atoms with Crippen LogP contribution in [0.3, 0.4) is 0 Å². The molecule has 0 aliphatic rings. The lowest BCUT2D eigenvalue weighted by atomic mass is 10.5. The number of aromatic nitrogens is 1. The van der Waals surface area contributed by atoms with Gasteiger partial charge in [-0.05, 0) is 22.0 Å². The van der Waals surface area contributed by atoms with E-state index < -0.39 is 20.4 Å². The number of hydrogen-bond donors (Lipinski definition) is 2. The first-order valence-corrected chi connectivity index (χ1v) is 9.20. The molecule has 96 valence electrons. The lowest BCUT2D eigenvalue weighted by Gasteiger charge is -2.26. The molecular formula is C8H12BrNO5P2. The second-order valence-electron chi connectivity index (χ2n) is 3.71. The van der Waals surface area contributed by atoms with E-state index in [1.807, 2.05) is 0 Å². The summed E-state index contributed by atoms with van der Waals surface area (Å²) < 4.78 is 24.7. The van der Waals surface area contributed by atoms with Crippen molar-refractivity contribution < 1.29 is 28.4 Å². The zero-order chi connectivity index (χ0) is 13.3. The van der Waals surface area contributed by atoms with Crippen LogP contribution in [0.25, 0.3) is 0 Å². The Balaban J connectivity index is 3.04. The van der Waals surface area contributed by atoms with Crippen molar-refractivity contribution in [1.29, 1.82) is 0 Å². The Labute approximate surface area is 107 Å². The van der Waals surface area contributed by atoms with Crippen LogP contribution in [0.1, 0.15) is 0 Å². The predicted molar refractivity (Wildman–Crippen MR) is 63.7 cm³/mol. The van der Waals surface area contributed by atoms with Crippen molar-refractivity contribution in [2.45, 2.75) is 11.9 Å². The normalized spacial score (nSPS) is 20.3. The van der Waals surface area contributed by atoms with Crippen molar-refractivity contribution in [2.75, 3.05) is 6.66 Å². The summed E-state index contributed by atoms with van der Waals surface area (Å²) in [5, 5.41) is -1.70. The summed E-state index contributed by atoms with van der Waals surface area (Å²) in [4.78, 5) is 29.4. The molecule has 0 saturated heterocycles. The lowest BCUT2D eigenvalue weighted by molar-refractivity contribution is -0.695. The molecule has 0 aromatic carbocycles. The van der Waals surface area contributed by atoms with Crippen LogP contribution in [0.4, 0.5) is 0 Å². The van der Waals surface area contributed by atoms with Gasteiger partial charge in [-0.3, -0.25) is 4.57 Å². The fraction of sp³-hybridized carbons (Fsp3) is 0.375. The molecule has 3 atom stereocenters. The van der Waals surface area contributed by atoms with Gasteiger partial charge in [0.05, 0.1) is 4.47 Å². The smallest absolute Gasteiger partial charge is 0.215 e. The average Bonchev–Trinajstić information content (AvgIpc) is 2.10. The molecule has 0 aliphatic heterocycles. The van der Waals surface area contributed by atoms with E-state index in [0.29, 0.717) is 4.47 Å². The molecule has 17 heavy (non-hydrogen) atoms. The molecule has 0 aliphatic carbocycles. The molecule has 1 rings (SSSR count). The number of halogens is 1. The third-order valence-electron chi connectivity index (χ3n) is 2.13. The van der Waals surface area contributed by atoms with Gasteiger partial charge in [-0.15, -0.1) is 0 Å². The molecule has 0 radical (unpaired) electrons. The average molecular weight is 344 g/mol. The van der Waals surface area contributed by atoms with E-state index in [9.17, 15) is 18.9 Å². The minimum absolute atomic E-state index is 0.277. The summed E-state index contributed by atoms with van der Waals surface area (Å²) in [5.74, 6) is 0. The van der Waals surface area contributed by atoms with Gasteiger partial charge in [-0.25, -0.2) is 4.57 Å². The van der Waals surface area contributed by atoms with Crippen LogP contribution in [0.5, 0.6) is 0 Å². The van der Waals surface area contributed by atoms with Gasteiger partial charge in [-0.2, -0.15) is 0 Å². The van der Waals surface area contributed by atoms with Crippen LogP contribution in [0.15, 0.2) is 29.0 Å². The van der Waals surface area contributed by atoms with E-state index in [2.05, 4.69) is 15.9 Å². The highest BCUT2D eigenvalue weighted by molar-refractivity contribution is 9.10. The minimum atomic E-state index is -4.88. The maximum absolute atomic E-state index is 11.4. The largest absolute Gasteiger partial charge is 0.778 e. The molecule has 0 saturated carbocycles. The molecule has 9 heteroatoms. The van der Waals surface area contributed by atoms with Crippen LogP contribution >= 0.6 is 30.9 Å². The first kappa shape index (κ1) is 15.0. The highest BCUT2D eigenvalue weighted by Crippen LogP contribution is 2.57. The standard InChI is InChI=1S/C8H12BrNO5P2/c1-16(11,12)8(17(13,14)15)6-10-4-2-3-7(9)5-10/h2-5,8H,6H2,1H3,(H2-,11,12,13,14,15). The van der Waals surface area contributed by atoms with Crippen LogP contribution in [0.2, 0.25) is 0 Å². The summed E-state index contributed by atoms with van der Waals surface area (Å²) in [6.45, 7) is 0.637. The topological polar surface area (TPSA) is 102 Å². The molecule has 0 bridgehead atoms. The summed E-state index contributed by atoms with van der Waals surface area (Å²) in [6, 6.07) is 3.37. The number of rotatable bonds is 4. The van der Waals surface area contributed by atoms with Crippen LogP contribution in [-0.4, -0.2) is 21.9 Å². The predicted octanol–water partition coefficient (Wildman–Crippen LogP) is 0.509. The summed E-state index contributed by atoms with van der Waals surface area (Å²) in [5.41, 5.74) is 0. The Kier molecular flexibility index (Phi) is 4.69. The molecule has 2 N–H and O–H groups in total. The second kappa shape index (κ2) is 5.31. The summed E-state index contributed by atoms with van der Waals surface area (Å²) in [6.07, 6.45) is 3.10. The van der Waals surface area contributed by atoms with Crippen LogP contribution in [-0.2, 0) is 15.7 Å². The quantitative estimate of drug-likeness (QED) is 0.612. The highest BCUT2D eigenvalue weighted by Gasteiger charge is 2.37. The molecular weight excluding hydrogens is 332 g/mol. The number of hydrogen-bond acceptors (Lipinski definition) is 3. The monoisotopic (exact) mass is 343 g/mol. The molecule has 0 amide bonds. The van der Waals surface area contributed by atoms with E-state index >= 15 is 0 Å². The van der Waals surface area contributed by atoms with Crippen molar-refractivity contribution in [2.24, 2.45) is 0 Å². The van der Waals surface area contributed by atoms with E-state index in [1.54, 1.807) is 24.5 Å². The van der Waals surface area contributed by atoms with Gasteiger partial charge >= 0.3 is 0 Å². The van der Waals surface area contributed by atoms with Crippen LogP contribution < -0.4 is 9.46 Å². The Hall–Kier alpha value is -0.0300.